The second-order valence-corrected chi connectivity index (χ2v) is 6.20. The average molecular weight is 298 g/mol. The van der Waals surface area contributed by atoms with E-state index in [1.165, 1.54) is 5.56 Å². The summed E-state index contributed by atoms with van der Waals surface area (Å²) in [6.45, 7) is 4.20. The molecule has 0 spiro atoms. The Morgan fingerprint density at radius 3 is 2.32 bits per heavy atom. The normalized spacial score (nSPS) is 17.5. The standard InChI is InChI=1S/C18H18O4/c1-18(2)13-6-4-3-5-11(13)12-8-7-10(9-14(12)18)15(19)16(20)17(21)22/h3-9,15-16,19-20H,1-2H3,(H,21,22). The molecule has 4 heteroatoms. The van der Waals surface area contributed by atoms with E-state index in [0.29, 0.717) is 5.56 Å². The fraction of sp³-hybridized carbons (Fsp3) is 0.278. The molecule has 2 unspecified atom stereocenters. The fourth-order valence-corrected chi connectivity index (χ4v) is 3.22. The molecule has 0 radical (unpaired) electrons. The number of aliphatic hydroxyl groups is 2. The lowest BCUT2D eigenvalue weighted by molar-refractivity contribution is -0.153. The number of hydrogen-bond donors (Lipinski definition) is 3. The number of hydrogen-bond acceptors (Lipinski definition) is 3. The molecular weight excluding hydrogens is 280 g/mol. The maximum atomic E-state index is 10.8. The van der Waals surface area contributed by atoms with Gasteiger partial charge in [0.25, 0.3) is 0 Å². The van der Waals surface area contributed by atoms with Crippen molar-refractivity contribution in [2.24, 2.45) is 0 Å². The Balaban J connectivity index is 2.10. The minimum atomic E-state index is -1.83. The lowest BCUT2D eigenvalue weighted by Gasteiger charge is -2.23. The van der Waals surface area contributed by atoms with Gasteiger partial charge in [0, 0.05) is 5.41 Å². The third-order valence-corrected chi connectivity index (χ3v) is 4.50. The molecular formula is C18H18O4. The van der Waals surface area contributed by atoms with Crippen molar-refractivity contribution in [2.45, 2.75) is 31.5 Å². The van der Waals surface area contributed by atoms with Crippen molar-refractivity contribution in [3.63, 3.8) is 0 Å². The molecule has 0 fully saturated rings. The highest BCUT2D eigenvalue weighted by Gasteiger charge is 2.36. The summed E-state index contributed by atoms with van der Waals surface area (Å²) in [5.74, 6) is -1.43. The molecule has 0 aliphatic heterocycles. The van der Waals surface area contributed by atoms with Crippen molar-refractivity contribution in [2.75, 3.05) is 0 Å². The lowest BCUT2D eigenvalue weighted by atomic mass is 9.81. The van der Waals surface area contributed by atoms with Crippen molar-refractivity contribution in [3.05, 3.63) is 59.2 Å². The predicted octanol–water partition coefficient (Wildman–Crippen LogP) is 2.47. The Kier molecular flexibility index (Phi) is 3.31. The maximum absolute atomic E-state index is 10.8. The van der Waals surface area contributed by atoms with Gasteiger partial charge in [-0.2, -0.15) is 0 Å². The molecule has 1 aliphatic rings. The van der Waals surface area contributed by atoms with E-state index in [4.69, 9.17) is 5.11 Å². The van der Waals surface area contributed by atoms with E-state index < -0.39 is 18.2 Å². The minimum Gasteiger partial charge on any atom is -0.479 e. The molecule has 3 rings (SSSR count). The van der Waals surface area contributed by atoms with Crippen LogP contribution in [-0.2, 0) is 10.2 Å². The number of carboxylic acid groups (broad SMARTS) is 1. The summed E-state index contributed by atoms with van der Waals surface area (Å²) in [4.78, 5) is 10.8. The minimum absolute atomic E-state index is 0.226. The highest BCUT2D eigenvalue weighted by molar-refractivity contribution is 5.81. The Morgan fingerprint density at radius 1 is 1.00 bits per heavy atom. The van der Waals surface area contributed by atoms with Gasteiger partial charge in [-0.1, -0.05) is 56.3 Å². The third-order valence-electron chi connectivity index (χ3n) is 4.50. The van der Waals surface area contributed by atoms with Crippen LogP contribution in [0.25, 0.3) is 11.1 Å². The summed E-state index contributed by atoms with van der Waals surface area (Å²) in [7, 11) is 0. The number of aliphatic carboxylic acids is 1. The first-order valence-corrected chi connectivity index (χ1v) is 7.17. The van der Waals surface area contributed by atoms with Gasteiger partial charge < -0.3 is 15.3 Å². The summed E-state index contributed by atoms with van der Waals surface area (Å²) in [6.07, 6.45) is -3.27. The van der Waals surface area contributed by atoms with Crippen molar-refractivity contribution in [1.82, 2.24) is 0 Å². The Bertz CT molecular complexity index is 749. The molecule has 0 aromatic heterocycles. The van der Waals surface area contributed by atoms with E-state index in [1.807, 2.05) is 18.2 Å². The van der Waals surface area contributed by atoms with Crippen LogP contribution < -0.4 is 0 Å². The van der Waals surface area contributed by atoms with E-state index in [1.54, 1.807) is 12.1 Å². The van der Waals surface area contributed by atoms with Crippen molar-refractivity contribution < 1.29 is 20.1 Å². The monoisotopic (exact) mass is 298 g/mol. The SMILES string of the molecule is CC1(C)c2ccccc2-c2ccc(C(O)C(O)C(=O)O)cc21. The van der Waals surface area contributed by atoms with E-state index in [-0.39, 0.29) is 5.41 Å². The first kappa shape index (κ1) is 14.8. The zero-order chi connectivity index (χ0) is 16.1. The lowest BCUT2D eigenvalue weighted by Crippen LogP contribution is -2.27. The molecule has 0 amide bonds. The molecule has 0 saturated carbocycles. The number of fused-ring (bicyclic) bond motifs is 3. The molecule has 3 N–H and O–H groups in total. The van der Waals surface area contributed by atoms with E-state index >= 15 is 0 Å². The molecule has 0 saturated heterocycles. The predicted molar refractivity (Wildman–Crippen MR) is 82.6 cm³/mol. The van der Waals surface area contributed by atoms with Crippen LogP contribution in [0.4, 0.5) is 0 Å². The van der Waals surface area contributed by atoms with Crippen molar-refractivity contribution in [1.29, 1.82) is 0 Å². The highest BCUT2D eigenvalue weighted by Crippen LogP contribution is 2.49. The van der Waals surface area contributed by atoms with Gasteiger partial charge in [-0.05, 0) is 27.8 Å². The highest BCUT2D eigenvalue weighted by atomic mass is 16.4. The van der Waals surface area contributed by atoms with Crippen LogP contribution in [0, 0.1) is 0 Å². The van der Waals surface area contributed by atoms with Crippen LogP contribution in [0.5, 0.6) is 0 Å². The number of carbonyl (C=O) groups is 1. The average Bonchev–Trinajstić information content (AvgIpc) is 2.74. The number of benzene rings is 2. The molecule has 22 heavy (non-hydrogen) atoms. The zero-order valence-corrected chi connectivity index (χ0v) is 12.4. The van der Waals surface area contributed by atoms with Crippen LogP contribution in [0.2, 0.25) is 0 Å². The van der Waals surface area contributed by atoms with Crippen LogP contribution in [-0.4, -0.2) is 27.4 Å². The van der Waals surface area contributed by atoms with Crippen molar-refractivity contribution in [3.8, 4) is 11.1 Å². The maximum Gasteiger partial charge on any atom is 0.335 e. The third kappa shape index (κ3) is 2.03. The topological polar surface area (TPSA) is 77.8 Å². The Morgan fingerprint density at radius 2 is 1.64 bits per heavy atom. The van der Waals surface area contributed by atoms with Gasteiger partial charge in [-0.3, -0.25) is 0 Å². The summed E-state index contributed by atoms with van der Waals surface area (Å²) in [5, 5.41) is 28.4. The van der Waals surface area contributed by atoms with Crippen LogP contribution in [0.1, 0.15) is 36.6 Å². The molecule has 2 atom stereocenters. The second kappa shape index (κ2) is 4.93. The summed E-state index contributed by atoms with van der Waals surface area (Å²) >= 11 is 0. The van der Waals surface area contributed by atoms with Crippen LogP contribution in [0.3, 0.4) is 0 Å². The van der Waals surface area contributed by atoms with Gasteiger partial charge in [-0.25, -0.2) is 4.79 Å². The Hall–Kier alpha value is -2.17. The van der Waals surface area contributed by atoms with Gasteiger partial charge in [0.15, 0.2) is 6.10 Å². The van der Waals surface area contributed by atoms with E-state index in [9.17, 15) is 15.0 Å². The summed E-state index contributed by atoms with van der Waals surface area (Å²) in [6, 6.07) is 13.5. The summed E-state index contributed by atoms with van der Waals surface area (Å²) in [5.41, 5.74) is 4.66. The zero-order valence-electron chi connectivity index (χ0n) is 12.4. The van der Waals surface area contributed by atoms with Gasteiger partial charge >= 0.3 is 5.97 Å². The summed E-state index contributed by atoms with van der Waals surface area (Å²) < 4.78 is 0. The molecule has 2 aromatic rings. The molecule has 1 aliphatic carbocycles. The number of rotatable bonds is 3. The van der Waals surface area contributed by atoms with Gasteiger partial charge in [-0.15, -0.1) is 0 Å². The van der Waals surface area contributed by atoms with Gasteiger partial charge in [0.2, 0.25) is 0 Å². The largest absolute Gasteiger partial charge is 0.479 e. The van der Waals surface area contributed by atoms with Crippen molar-refractivity contribution >= 4 is 5.97 Å². The van der Waals surface area contributed by atoms with E-state index in [0.717, 1.165) is 16.7 Å². The first-order valence-electron chi connectivity index (χ1n) is 7.17. The quantitative estimate of drug-likeness (QED) is 0.813. The molecule has 0 bridgehead atoms. The molecule has 114 valence electrons. The molecule has 0 heterocycles. The van der Waals surface area contributed by atoms with Crippen LogP contribution >= 0.6 is 0 Å². The fourth-order valence-electron chi connectivity index (χ4n) is 3.22. The molecule has 4 nitrogen and oxygen atoms in total. The molecule has 2 aromatic carbocycles. The van der Waals surface area contributed by atoms with E-state index in [2.05, 4.69) is 26.0 Å². The first-order chi connectivity index (χ1) is 10.3. The number of aliphatic hydroxyl groups excluding tert-OH is 2. The van der Waals surface area contributed by atoms with Gasteiger partial charge in [0.05, 0.1) is 0 Å². The Labute approximate surface area is 128 Å². The van der Waals surface area contributed by atoms with Crippen LogP contribution in [0.15, 0.2) is 42.5 Å². The number of carboxylic acids is 1. The van der Waals surface area contributed by atoms with Gasteiger partial charge in [0.1, 0.15) is 6.10 Å². The second-order valence-electron chi connectivity index (χ2n) is 6.20. The smallest absolute Gasteiger partial charge is 0.335 e.